The summed E-state index contributed by atoms with van der Waals surface area (Å²) in [6, 6.07) is 19.8. The van der Waals surface area contributed by atoms with E-state index >= 15 is 0 Å². The molecule has 0 spiro atoms. The van der Waals surface area contributed by atoms with E-state index in [-0.39, 0.29) is 12.5 Å². The Morgan fingerprint density at radius 3 is 2.25 bits per heavy atom. The van der Waals surface area contributed by atoms with Crippen LogP contribution in [-0.2, 0) is 10.4 Å². The number of rotatable bonds is 8. The summed E-state index contributed by atoms with van der Waals surface area (Å²) in [5.74, 6) is 0.753. The quantitative estimate of drug-likeness (QED) is 0.436. The minimum absolute atomic E-state index is 0.150. The lowest BCUT2D eigenvalue weighted by atomic mass is 9.96. The molecule has 1 fully saturated rings. The van der Waals surface area contributed by atoms with Crippen molar-refractivity contribution in [2.24, 2.45) is 4.99 Å². The van der Waals surface area contributed by atoms with Gasteiger partial charge in [0.05, 0.1) is 6.54 Å². The van der Waals surface area contributed by atoms with Crippen molar-refractivity contribution >= 4 is 17.6 Å². The molecule has 0 radical (unpaired) electrons. The van der Waals surface area contributed by atoms with Crippen LogP contribution in [0.5, 0.6) is 0 Å². The summed E-state index contributed by atoms with van der Waals surface area (Å²) in [6.07, 6.45) is 0.408. The summed E-state index contributed by atoms with van der Waals surface area (Å²) >= 11 is 0. The van der Waals surface area contributed by atoms with Gasteiger partial charge in [0.1, 0.15) is 5.60 Å². The molecule has 1 unspecified atom stereocenters. The van der Waals surface area contributed by atoms with E-state index in [2.05, 4.69) is 32.7 Å². The summed E-state index contributed by atoms with van der Waals surface area (Å²) in [7, 11) is 0. The average molecular weight is 438 g/mol. The highest BCUT2D eigenvalue weighted by Crippen LogP contribution is 2.20. The van der Waals surface area contributed by atoms with Gasteiger partial charge in [-0.25, -0.2) is 4.99 Å². The first kappa shape index (κ1) is 23.6. The molecule has 0 aromatic heterocycles. The van der Waals surface area contributed by atoms with Gasteiger partial charge in [-0.05, 0) is 31.5 Å². The Balaban J connectivity index is 1.45. The number of hydrogen-bond donors (Lipinski definition) is 3. The Bertz CT molecular complexity index is 862. The highest BCUT2D eigenvalue weighted by Gasteiger charge is 2.23. The van der Waals surface area contributed by atoms with Gasteiger partial charge in [-0.1, -0.05) is 48.5 Å². The maximum atomic E-state index is 12.6. The van der Waals surface area contributed by atoms with Crippen molar-refractivity contribution in [1.29, 1.82) is 0 Å². The van der Waals surface area contributed by atoms with Gasteiger partial charge in [-0.15, -0.1) is 0 Å². The number of hydrogen-bond acceptors (Lipinski definition) is 4. The molecule has 3 rings (SSSR count). The molecule has 32 heavy (non-hydrogen) atoms. The van der Waals surface area contributed by atoms with Crippen molar-refractivity contribution in [3.05, 3.63) is 66.2 Å². The minimum atomic E-state index is -1.06. The molecule has 0 aliphatic carbocycles. The number of amides is 1. The SMILES string of the molecule is CCNC(=NCC(C)(O)c1ccccc1)NCCC(=O)N1CCN(c2ccccc2)CC1. The number of guanidine groups is 1. The standard InChI is InChI=1S/C25H35N5O2/c1-3-26-24(28-20-25(2,32)21-10-6-4-7-11-21)27-15-14-23(31)30-18-16-29(17-19-30)22-12-8-5-9-13-22/h4-13,32H,3,14-20H2,1-2H3,(H2,26,27,28). The Morgan fingerprint density at radius 1 is 1.00 bits per heavy atom. The molecule has 7 heteroatoms. The van der Waals surface area contributed by atoms with Crippen molar-refractivity contribution in [1.82, 2.24) is 15.5 Å². The van der Waals surface area contributed by atoms with Crippen LogP contribution < -0.4 is 15.5 Å². The van der Waals surface area contributed by atoms with Crippen LogP contribution in [0.3, 0.4) is 0 Å². The number of nitrogens with zero attached hydrogens (tertiary/aromatic N) is 3. The smallest absolute Gasteiger partial charge is 0.224 e. The minimum Gasteiger partial charge on any atom is -0.384 e. The van der Waals surface area contributed by atoms with E-state index in [0.29, 0.717) is 25.5 Å². The highest BCUT2D eigenvalue weighted by molar-refractivity contribution is 5.81. The number of anilines is 1. The van der Waals surface area contributed by atoms with E-state index in [1.165, 1.54) is 5.69 Å². The third-order valence-corrected chi connectivity index (χ3v) is 5.67. The average Bonchev–Trinajstić information content (AvgIpc) is 2.83. The van der Waals surface area contributed by atoms with E-state index in [4.69, 9.17) is 0 Å². The molecule has 1 saturated heterocycles. The molecule has 1 amide bonds. The zero-order chi connectivity index (χ0) is 22.8. The zero-order valence-corrected chi connectivity index (χ0v) is 19.1. The molecule has 3 N–H and O–H groups in total. The molecule has 172 valence electrons. The first-order valence-corrected chi connectivity index (χ1v) is 11.4. The van der Waals surface area contributed by atoms with Crippen molar-refractivity contribution < 1.29 is 9.90 Å². The lowest BCUT2D eigenvalue weighted by Gasteiger charge is -2.36. The molecule has 2 aromatic carbocycles. The van der Waals surface area contributed by atoms with Crippen molar-refractivity contribution in [2.45, 2.75) is 25.9 Å². The van der Waals surface area contributed by atoms with E-state index in [9.17, 15) is 9.90 Å². The Hall–Kier alpha value is -3.06. The normalized spacial score (nSPS) is 16.4. The predicted molar refractivity (Wildman–Crippen MR) is 130 cm³/mol. The van der Waals surface area contributed by atoms with Crippen molar-refractivity contribution in [3.8, 4) is 0 Å². The molecule has 1 aliphatic rings. The first-order valence-electron chi connectivity index (χ1n) is 11.4. The Morgan fingerprint density at radius 2 is 1.62 bits per heavy atom. The number of carbonyl (C=O) groups excluding carboxylic acids is 1. The number of carbonyl (C=O) groups is 1. The highest BCUT2D eigenvalue weighted by atomic mass is 16.3. The van der Waals surface area contributed by atoms with Crippen molar-refractivity contribution in [3.63, 3.8) is 0 Å². The second-order valence-electron chi connectivity index (χ2n) is 8.22. The second-order valence-corrected chi connectivity index (χ2v) is 8.22. The molecule has 2 aromatic rings. The Kier molecular flexibility index (Phi) is 8.50. The summed E-state index contributed by atoms with van der Waals surface area (Å²) in [5, 5.41) is 17.2. The second kappa shape index (κ2) is 11.5. The van der Waals surface area contributed by atoms with Gasteiger partial charge in [0.2, 0.25) is 5.91 Å². The van der Waals surface area contributed by atoms with Crippen LogP contribution in [0.2, 0.25) is 0 Å². The van der Waals surface area contributed by atoms with Crippen LogP contribution in [0.15, 0.2) is 65.7 Å². The number of piperazine rings is 1. The van der Waals surface area contributed by atoms with E-state index in [1.54, 1.807) is 6.92 Å². The number of aliphatic hydroxyl groups is 1. The molecular weight excluding hydrogens is 402 g/mol. The molecule has 1 atom stereocenters. The fourth-order valence-corrected chi connectivity index (χ4v) is 3.76. The van der Waals surface area contributed by atoms with Crippen LogP contribution in [0.4, 0.5) is 5.69 Å². The van der Waals surface area contributed by atoms with E-state index in [1.807, 2.05) is 60.4 Å². The Labute approximate surface area is 191 Å². The summed E-state index contributed by atoms with van der Waals surface area (Å²) in [4.78, 5) is 21.4. The number of benzene rings is 2. The van der Waals surface area contributed by atoms with Crippen LogP contribution >= 0.6 is 0 Å². The third kappa shape index (κ3) is 6.72. The van der Waals surface area contributed by atoms with Crippen LogP contribution in [-0.4, -0.2) is 67.7 Å². The van der Waals surface area contributed by atoms with Gasteiger partial charge in [0.15, 0.2) is 5.96 Å². The topological polar surface area (TPSA) is 80.2 Å². The van der Waals surface area contributed by atoms with Crippen molar-refractivity contribution in [2.75, 3.05) is 50.7 Å². The number of aliphatic imine (C=N–C) groups is 1. The summed E-state index contributed by atoms with van der Waals surface area (Å²) in [6.45, 7) is 8.35. The molecular formula is C25H35N5O2. The molecule has 0 bridgehead atoms. The van der Waals surface area contributed by atoms with E-state index in [0.717, 1.165) is 31.7 Å². The molecule has 1 heterocycles. The molecule has 0 saturated carbocycles. The van der Waals surface area contributed by atoms with Gasteiger partial charge in [-0.2, -0.15) is 0 Å². The molecule has 7 nitrogen and oxygen atoms in total. The molecule has 1 aliphatic heterocycles. The van der Waals surface area contributed by atoms with Gasteiger partial charge < -0.3 is 25.5 Å². The van der Waals surface area contributed by atoms with Gasteiger partial charge in [0, 0.05) is 51.4 Å². The summed E-state index contributed by atoms with van der Waals surface area (Å²) in [5.41, 5.74) is 0.973. The van der Waals surface area contributed by atoms with Gasteiger partial charge in [-0.3, -0.25) is 4.79 Å². The maximum absolute atomic E-state index is 12.6. The lowest BCUT2D eigenvalue weighted by Crippen LogP contribution is -2.49. The van der Waals surface area contributed by atoms with Gasteiger partial charge >= 0.3 is 0 Å². The monoisotopic (exact) mass is 437 g/mol. The van der Waals surface area contributed by atoms with Gasteiger partial charge in [0.25, 0.3) is 0 Å². The number of nitrogens with one attached hydrogen (secondary N) is 2. The van der Waals surface area contributed by atoms with Crippen LogP contribution in [0.25, 0.3) is 0 Å². The third-order valence-electron chi connectivity index (χ3n) is 5.67. The fourth-order valence-electron chi connectivity index (χ4n) is 3.76. The van der Waals surface area contributed by atoms with Crippen LogP contribution in [0, 0.1) is 0 Å². The van der Waals surface area contributed by atoms with E-state index < -0.39 is 5.60 Å². The maximum Gasteiger partial charge on any atom is 0.224 e. The fraction of sp³-hybridized carbons (Fsp3) is 0.440. The predicted octanol–water partition coefficient (Wildman–Crippen LogP) is 2.19. The number of para-hydroxylation sites is 1. The largest absolute Gasteiger partial charge is 0.384 e. The lowest BCUT2D eigenvalue weighted by molar-refractivity contribution is -0.131. The van der Waals surface area contributed by atoms with Crippen LogP contribution in [0.1, 0.15) is 25.8 Å². The first-order chi connectivity index (χ1) is 15.5. The summed E-state index contributed by atoms with van der Waals surface area (Å²) < 4.78 is 0. The zero-order valence-electron chi connectivity index (χ0n) is 19.1.